The van der Waals surface area contributed by atoms with Gasteiger partial charge in [0.15, 0.2) is 15.8 Å². The van der Waals surface area contributed by atoms with Crippen molar-refractivity contribution in [1.29, 1.82) is 0 Å². The average molecular weight is 640 g/mol. The standard InChI is InChI=1S/C24H14Br2ClNO4S2/c25-16-7-13(8-17(26)22(16)30-11-14-3-1-2-4-18(14)27)9-21-23(29)28(24(33)34-21)15-5-6-19-20(10-15)32-12-31-19/h1-10H,11-12H2/b21-9+. The van der Waals surface area contributed by atoms with Crippen molar-refractivity contribution in [3.8, 4) is 17.2 Å². The molecule has 34 heavy (non-hydrogen) atoms. The molecule has 3 aromatic carbocycles. The van der Waals surface area contributed by atoms with Crippen LogP contribution >= 0.6 is 67.4 Å². The zero-order chi connectivity index (χ0) is 23.8. The number of nitrogens with zero attached hydrogens (tertiary/aromatic N) is 1. The van der Waals surface area contributed by atoms with E-state index in [1.54, 1.807) is 24.3 Å². The zero-order valence-corrected chi connectivity index (χ0v) is 22.8. The van der Waals surface area contributed by atoms with Gasteiger partial charge in [-0.15, -0.1) is 0 Å². The number of carbonyl (C=O) groups is 1. The summed E-state index contributed by atoms with van der Waals surface area (Å²) in [5, 5.41) is 0.649. The topological polar surface area (TPSA) is 48.0 Å². The third-order valence-corrected chi connectivity index (χ3v) is 7.91. The van der Waals surface area contributed by atoms with Gasteiger partial charge in [0, 0.05) is 16.7 Å². The molecule has 1 amide bonds. The molecule has 0 unspecified atom stereocenters. The minimum absolute atomic E-state index is 0.166. The molecule has 0 aromatic heterocycles. The molecule has 3 aromatic rings. The zero-order valence-electron chi connectivity index (χ0n) is 17.2. The van der Waals surface area contributed by atoms with Crippen LogP contribution in [0.15, 0.2) is 68.4 Å². The first-order valence-electron chi connectivity index (χ1n) is 9.93. The smallest absolute Gasteiger partial charge is 0.270 e. The van der Waals surface area contributed by atoms with Crippen molar-refractivity contribution in [2.24, 2.45) is 0 Å². The van der Waals surface area contributed by atoms with Gasteiger partial charge in [0.05, 0.1) is 19.5 Å². The Kier molecular flexibility index (Phi) is 6.90. The largest absolute Gasteiger partial charge is 0.486 e. The number of rotatable bonds is 5. The number of thioether (sulfide) groups is 1. The molecule has 0 saturated carbocycles. The van der Waals surface area contributed by atoms with Gasteiger partial charge in [-0.25, -0.2) is 0 Å². The highest BCUT2D eigenvalue weighted by molar-refractivity contribution is 9.11. The lowest BCUT2D eigenvalue weighted by molar-refractivity contribution is -0.113. The second-order valence-corrected chi connectivity index (χ2v) is 11.0. The van der Waals surface area contributed by atoms with Crippen LogP contribution in [0, 0.1) is 0 Å². The summed E-state index contributed by atoms with van der Waals surface area (Å²) in [5.74, 6) is 1.69. The van der Waals surface area contributed by atoms with Crippen molar-refractivity contribution in [2.75, 3.05) is 11.7 Å². The van der Waals surface area contributed by atoms with E-state index in [1.807, 2.05) is 36.4 Å². The summed E-state index contributed by atoms with van der Waals surface area (Å²) in [6, 6.07) is 16.6. The molecule has 0 radical (unpaired) electrons. The number of anilines is 1. The molecule has 1 fully saturated rings. The molecule has 1 saturated heterocycles. The van der Waals surface area contributed by atoms with Crippen LogP contribution in [0.1, 0.15) is 11.1 Å². The Bertz CT molecular complexity index is 1340. The fraction of sp³-hybridized carbons (Fsp3) is 0.0833. The number of halogens is 3. The van der Waals surface area contributed by atoms with Gasteiger partial charge < -0.3 is 14.2 Å². The van der Waals surface area contributed by atoms with E-state index in [-0.39, 0.29) is 12.7 Å². The summed E-state index contributed by atoms with van der Waals surface area (Å²) in [7, 11) is 0. The number of hydrogen-bond donors (Lipinski definition) is 0. The summed E-state index contributed by atoms with van der Waals surface area (Å²) in [6.07, 6.45) is 1.81. The van der Waals surface area contributed by atoms with Crippen molar-refractivity contribution < 1.29 is 19.0 Å². The summed E-state index contributed by atoms with van der Waals surface area (Å²) < 4.78 is 18.7. The number of carbonyl (C=O) groups excluding carboxylic acids is 1. The third-order valence-electron chi connectivity index (χ3n) is 5.06. The third kappa shape index (κ3) is 4.72. The molecule has 172 valence electrons. The molecular weight excluding hydrogens is 626 g/mol. The average Bonchev–Trinajstić information content (AvgIpc) is 3.37. The predicted molar refractivity (Wildman–Crippen MR) is 146 cm³/mol. The Morgan fingerprint density at radius 2 is 1.82 bits per heavy atom. The minimum Gasteiger partial charge on any atom is -0.486 e. The first kappa shape index (κ1) is 23.7. The maximum atomic E-state index is 13.2. The Hall–Kier alpha value is -2.04. The van der Waals surface area contributed by atoms with Gasteiger partial charge in [0.25, 0.3) is 5.91 Å². The first-order valence-corrected chi connectivity index (χ1v) is 13.1. The van der Waals surface area contributed by atoms with Crippen molar-refractivity contribution >= 4 is 89.4 Å². The summed E-state index contributed by atoms with van der Waals surface area (Å²) in [6.45, 7) is 0.489. The van der Waals surface area contributed by atoms with E-state index < -0.39 is 0 Å². The van der Waals surface area contributed by atoms with Crippen molar-refractivity contribution in [2.45, 2.75) is 6.61 Å². The maximum absolute atomic E-state index is 13.2. The van der Waals surface area contributed by atoms with Crippen molar-refractivity contribution in [3.05, 3.63) is 84.6 Å². The van der Waals surface area contributed by atoms with Crippen LogP contribution < -0.4 is 19.1 Å². The molecule has 5 nitrogen and oxygen atoms in total. The van der Waals surface area contributed by atoms with Crippen molar-refractivity contribution in [1.82, 2.24) is 0 Å². The van der Waals surface area contributed by atoms with Gasteiger partial charge in [0.2, 0.25) is 6.79 Å². The number of benzene rings is 3. The SMILES string of the molecule is O=C1/C(=C\c2cc(Br)c(OCc3ccccc3Cl)c(Br)c2)SC(=S)N1c1ccc2c(c1)OCO2. The number of ether oxygens (including phenoxy) is 3. The van der Waals surface area contributed by atoms with E-state index in [9.17, 15) is 4.79 Å². The van der Waals surface area contributed by atoms with Crippen LogP contribution in [0.4, 0.5) is 5.69 Å². The quantitative estimate of drug-likeness (QED) is 0.212. The van der Waals surface area contributed by atoms with Gasteiger partial charge in [0.1, 0.15) is 12.4 Å². The van der Waals surface area contributed by atoms with E-state index in [0.29, 0.717) is 43.8 Å². The fourth-order valence-electron chi connectivity index (χ4n) is 3.43. The summed E-state index contributed by atoms with van der Waals surface area (Å²) in [5.41, 5.74) is 2.34. The highest BCUT2D eigenvalue weighted by Gasteiger charge is 2.34. The molecule has 0 N–H and O–H groups in total. The van der Waals surface area contributed by atoms with Gasteiger partial charge in [-0.2, -0.15) is 0 Å². The lowest BCUT2D eigenvalue weighted by atomic mass is 10.2. The van der Waals surface area contributed by atoms with Crippen molar-refractivity contribution in [3.63, 3.8) is 0 Å². The predicted octanol–water partition coefficient (Wildman–Crippen LogP) is 7.58. The van der Waals surface area contributed by atoms with Crippen LogP contribution in [0.3, 0.4) is 0 Å². The number of thiocarbonyl (C=S) groups is 1. The van der Waals surface area contributed by atoms with Crippen LogP contribution in [0.25, 0.3) is 6.08 Å². The number of amides is 1. The molecule has 2 aliphatic heterocycles. The monoisotopic (exact) mass is 637 g/mol. The van der Waals surface area contributed by atoms with E-state index in [1.165, 1.54) is 16.7 Å². The Morgan fingerprint density at radius 1 is 1.09 bits per heavy atom. The van der Waals surface area contributed by atoms with E-state index in [4.69, 9.17) is 38.0 Å². The molecule has 0 bridgehead atoms. The molecule has 0 atom stereocenters. The van der Waals surface area contributed by atoms with Crippen LogP contribution in [-0.4, -0.2) is 17.0 Å². The normalized spacial score (nSPS) is 16.0. The fourth-order valence-corrected chi connectivity index (χ4v) is 6.37. The first-order chi connectivity index (χ1) is 16.4. The van der Waals surface area contributed by atoms with E-state index >= 15 is 0 Å². The summed E-state index contributed by atoms with van der Waals surface area (Å²) in [4.78, 5) is 15.2. The lowest BCUT2D eigenvalue weighted by Gasteiger charge is -2.15. The summed E-state index contributed by atoms with van der Waals surface area (Å²) >= 11 is 20.1. The van der Waals surface area contributed by atoms with Crippen LogP contribution in [-0.2, 0) is 11.4 Å². The highest BCUT2D eigenvalue weighted by Crippen LogP contribution is 2.42. The van der Waals surface area contributed by atoms with Gasteiger partial charge >= 0.3 is 0 Å². The van der Waals surface area contributed by atoms with Gasteiger partial charge in [-0.05, 0) is 73.8 Å². The Morgan fingerprint density at radius 3 is 2.59 bits per heavy atom. The molecule has 10 heteroatoms. The second kappa shape index (κ2) is 9.91. The highest BCUT2D eigenvalue weighted by atomic mass is 79.9. The Labute approximate surface area is 227 Å². The molecule has 2 aliphatic rings. The maximum Gasteiger partial charge on any atom is 0.270 e. The number of fused-ring (bicyclic) bond motifs is 1. The molecule has 5 rings (SSSR count). The van der Waals surface area contributed by atoms with E-state index in [2.05, 4.69) is 31.9 Å². The Balaban J connectivity index is 1.36. The van der Waals surface area contributed by atoms with Gasteiger partial charge in [-0.3, -0.25) is 9.69 Å². The molecule has 2 heterocycles. The van der Waals surface area contributed by atoms with Gasteiger partial charge in [-0.1, -0.05) is 53.8 Å². The molecule has 0 spiro atoms. The lowest BCUT2D eigenvalue weighted by Crippen LogP contribution is -2.27. The second-order valence-electron chi connectivity index (χ2n) is 7.25. The van der Waals surface area contributed by atoms with Crippen LogP contribution in [0.2, 0.25) is 5.02 Å². The minimum atomic E-state index is -0.194. The molecular formula is C24H14Br2ClNO4S2. The number of hydrogen-bond acceptors (Lipinski definition) is 6. The molecule has 0 aliphatic carbocycles. The van der Waals surface area contributed by atoms with Crippen LogP contribution in [0.5, 0.6) is 17.2 Å². The van der Waals surface area contributed by atoms with E-state index in [0.717, 1.165) is 20.1 Å².